The number of hydrogen-bond donors (Lipinski definition) is 2. The molecular formula is C17H21FN4O2. The summed E-state index contributed by atoms with van der Waals surface area (Å²) < 4.78 is 21.3. The van der Waals surface area contributed by atoms with E-state index in [1.54, 1.807) is 29.1 Å². The quantitative estimate of drug-likeness (QED) is 0.866. The lowest BCUT2D eigenvalue weighted by molar-refractivity contribution is -0.122. The number of carbonyl (C=O) groups excluding carboxylic acids is 1. The van der Waals surface area contributed by atoms with Gasteiger partial charge < -0.3 is 19.9 Å². The Labute approximate surface area is 140 Å². The van der Waals surface area contributed by atoms with E-state index in [1.807, 2.05) is 6.92 Å². The van der Waals surface area contributed by atoms with Gasteiger partial charge in [-0.2, -0.15) is 0 Å². The number of amides is 1. The Bertz CT molecular complexity index is 710. The first-order valence-corrected chi connectivity index (χ1v) is 8.00. The molecule has 0 bridgehead atoms. The Balaban J connectivity index is 1.57. The fourth-order valence-electron chi connectivity index (χ4n) is 2.74. The second-order valence-electron chi connectivity index (χ2n) is 5.84. The van der Waals surface area contributed by atoms with Crippen LogP contribution in [0.3, 0.4) is 0 Å². The zero-order chi connectivity index (χ0) is 16.9. The standard InChI is InChI=1S/C17H21FN4O2/c1-12-19-4-6-22(12)16-3-2-13(8-15(16)18)10-21-17(23)9-14-11-24-7-5-20-14/h2-4,6,8,14,20H,5,7,9-11H2,1H3,(H,21,23). The Morgan fingerprint density at radius 3 is 3.08 bits per heavy atom. The van der Waals surface area contributed by atoms with E-state index in [-0.39, 0.29) is 17.8 Å². The minimum atomic E-state index is -0.342. The molecule has 2 aromatic rings. The van der Waals surface area contributed by atoms with Crippen molar-refractivity contribution in [2.45, 2.75) is 25.9 Å². The minimum Gasteiger partial charge on any atom is -0.378 e. The van der Waals surface area contributed by atoms with Gasteiger partial charge >= 0.3 is 0 Å². The molecular weight excluding hydrogens is 311 g/mol. The molecule has 7 heteroatoms. The van der Waals surface area contributed by atoms with Crippen LogP contribution in [0.4, 0.5) is 4.39 Å². The van der Waals surface area contributed by atoms with Gasteiger partial charge in [-0.1, -0.05) is 6.07 Å². The van der Waals surface area contributed by atoms with Gasteiger partial charge in [-0.25, -0.2) is 9.37 Å². The van der Waals surface area contributed by atoms with Gasteiger partial charge in [0.1, 0.15) is 11.6 Å². The summed E-state index contributed by atoms with van der Waals surface area (Å²) in [5.74, 6) is 0.301. The van der Waals surface area contributed by atoms with Gasteiger partial charge in [0.05, 0.1) is 18.9 Å². The number of imidazole rings is 1. The average Bonchev–Trinajstić information content (AvgIpc) is 3.00. The van der Waals surface area contributed by atoms with E-state index >= 15 is 0 Å². The lowest BCUT2D eigenvalue weighted by Gasteiger charge is -2.23. The van der Waals surface area contributed by atoms with Crippen LogP contribution in [0.5, 0.6) is 0 Å². The van der Waals surface area contributed by atoms with Crippen LogP contribution in [0.1, 0.15) is 17.8 Å². The Morgan fingerprint density at radius 1 is 1.54 bits per heavy atom. The van der Waals surface area contributed by atoms with Crippen LogP contribution in [-0.4, -0.2) is 41.3 Å². The van der Waals surface area contributed by atoms with Crippen molar-refractivity contribution < 1.29 is 13.9 Å². The van der Waals surface area contributed by atoms with E-state index in [2.05, 4.69) is 15.6 Å². The van der Waals surface area contributed by atoms with Crippen LogP contribution in [0, 0.1) is 12.7 Å². The number of nitrogens with one attached hydrogen (secondary N) is 2. The Morgan fingerprint density at radius 2 is 2.42 bits per heavy atom. The van der Waals surface area contributed by atoms with Crippen LogP contribution < -0.4 is 10.6 Å². The second-order valence-corrected chi connectivity index (χ2v) is 5.84. The lowest BCUT2D eigenvalue weighted by atomic mass is 10.1. The van der Waals surface area contributed by atoms with E-state index < -0.39 is 0 Å². The van der Waals surface area contributed by atoms with Crippen molar-refractivity contribution in [1.82, 2.24) is 20.2 Å². The number of rotatable bonds is 5. The van der Waals surface area contributed by atoms with Gasteiger partial charge in [0.25, 0.3) is 0 Å². The molecule has 1 aliphatic rings. The number of carbonyl (C=O) groups is 1. The predicted molar refractivity (Wildman–Crippen MR) is 87.3 cm³/mol. The number of ether oxygens (including phenoxy) is 1. The minimum absolute atomic E-state index is 0.0436. The summed E-state index contributed by atoms with van der Waals surface area (Å²) in [6.07, 6.45) is 3.70. The summed E-state index contributed by atoms with van der Waals surface area (Å²) in [7, 11) is 0. The van der Waals surface area contributed by atoms with Gasteiger partial charge in [0, 0.05) is 37.9 Å². The highest BCUT2D eigenvalue weighted by atomic mass is 19.1. The topological polar surface area (TPSA) is 68.2 Å². The van der Waals surface area contributed by atoms with E-state index in [4.69, 9.17) is 4.74 Å². The molecule has 0 spiro atoms. The zero-order valence-electron chi connectivity index (χ0n) is 13.6. The molecule has 1 aromatic heterocycles. The van der Waals surface area contributed by atoms with Crippen LogP contribution in [0.25, 0.3) is 5.69 Å². The first-order chi connectivity index (χ1) is 11.6. The van der Waals surface area contributed by atoms with Crippen molar-refractivity contribution >= 4 is 5.91 Å². The van der Waals surface area contributed by atoms with E-state index in [0.29, 0.717) is 31.9 Å². The van der Waals surface area contributed by atoms with Gasteiger partial charge in [-0.3, -0.25) is 4.79 Å². The van der Waals surface area contributed by atoms with Crippen molar-refractivity contribution in [2.75, 3.05) is 19.8 Å². The van der Waals surface area contributed by atoms with Gasteiger partial charge in [0.15, 0.2) is 0 Å². The zero-order valence-corrected chi connectivity index (χ0v) is 13.6. The van der Waals surface area contributed by atoms with E-state index in [9.17, 15) is 9.18 Å². The second kappa shape index (κ2) is 7.55. The molecule has 1 atom stereocenters. The molecule has 1 unspecified atom stereocenters. The molecule has 6 nitrogen and oxygen atoms in total. The fraction of sp³-hybridized carbons (Fsp3) is 0.412. The lowest BCUT2D eigenvalue weighted by Crippen LogP contribution is -2.44. The van der Waals surface area contributed by atoms with Crippen molar-refractivity contribution in [3.63, 3.8) is 0 Å². The number of aromatic nitrogens is 2. The number of nitrogens with zero attached hydrogens (tertiary/aromatic N) is 2. The molecule has 24 heavy (non-hydrogen) atoms. The molecule has 1 amide bonds. The monoisotopic (exact) mass is 332 g/mol. The molecule has 2 heterocycles. The third kappa shape index (κ3) is 3.98. The van der Waals surface area contributed by atoms with E-state index in [0.717, 1.165) is 17.9 Å². The molecule has 128 valence electrons. The van der Waals surface area contributed by atoms with Crippen molar-refractivity contribution in [2.24, 2.45) is 0 Å². The summed E-state index contributed by atoms with van der Waals surface area (Å²) >= 11 is 0. The summed E-state index contributed by atoms with van der Waals surface area (Å²) in [5, 5.41) is 6.05. The smallest absolute Gasteiger partial charge is 0.221 e. The molecule has 2 N–H and O–H groups in total. The number of halogens is 1. The highest BCUT2D eigenvalue weighted by molar-refractivity contribution is 5.76. The number of benzene rings is 1. The third-order valence-electron chi connectivity index (χ3n) is 4.02. The Hall–Kier alpha value is -2.25. The summed E-state index contributed by atoms with van der Waals surface area (Å²) in [6.45, 7) is 4.10. The SMILES string of the molecule is Cc1nccn1-c1ccc(CNC(=O)CC2COCCN2)cc1F. The molecule has 0 saturated carbocycles. The summed E-state index contributed by atoms with van der Waals surface area (Å²) in [4.78, 5) is 16.0. The average molecular weight is 332 g/mol. The highest BCUT2D eigenvalue weighted by Gasteiger charge is 2.16. The van der Waals surface area contributed by atoms with E-state index in [1.165, 1.54) is 6.07 Å². The first-order valence-electron chi connectivity index (χ1n) is 8.00. The van der Waals surface area contributed by atoms with Crippen LogP contribution in [-0.2, 0) is 16.1 Å². The maximum Gasteiger partial charge on any atom is 0.221 e. The molecule has 3 rings (SSSR count). The fourth-order valence-corrected chi connectivity index (χ4v) is 2.74. The maximum absolute atomic E-state index is 14.3. The van der Waals surface area contributed by atoms with Crippen LogP contribution in [0.15, 0.2) is 30.6 Å². The maximum atomic E-state index is 14.3. The highest BCUT2D eigenvalue weighted by Crippen LogP contribution is 2.16. The van der Waals surface area contributed by atoms with Crippen molar-refractivity contribution in [3.05, 3.63) is 47.8 Å². The van der Waals surface area contributed by atoms with Gasteiger partial charge in [-0.15, -0.1) is 0 Å². The largest absolute Gasteiger partial charge is 0.378 e. The van der Waals surface area contributed by atoms with Crippen molar-refractivity contribution in [3.8, 4) is 5.69 Å². The van der Waals surface area contributed by atoms with Crippen LogP contribution >= 0.6 is 0 Å². The number of hydrogen-bond acceptors (Lipinski definition) is 4. The Kier molecular flexibility index (Phi) is 5.22. The summed E-state index contributed by atoms with van der Waals surface area (Å²) in [6, 6.07) is 4.99. The molecule has 0 aliphatic carbocycles. The number of morpholine rings is 1. The van der Waals surface area contributed by atoms with Gasteiger partial charge in [-0.05, 0) is 24.6 Å². The molecule has 1 aliphatic heterocycles. The molecule has 1 fully saturated rings. The first kappa shape index (κ1) is 16.6. The van der Waals surface area contributed by atoms with Crippen molar-refractivity contribution in [1.29, 1.82) is 0 Å². The van der Waals surface area contributed by atoms with Crippen LogP contribution in [0.2, 0.25) is 0 Å². The third-order valence-corrected chi connectivity index (χ3v) is 4.02. The number of aryl methyl sites for hydroxylation is 1. The molecule has 0 radical (unpaired) electrons. The molecule has 1 aromatic carbocycles. The molecule has 1 saturated heterocycles. The predicted octanol–water partition coefficient (Wildman–Crippen LogP) is 1.31. The summed E-state index contributed by atoms with van der Waals surface area (Å²) in [5.41, 5.74) is 1.17. The van der Waals surface area contributed by atoms with Gasteiger partial charge in [0.2, 0.25) is 5.91 Å². The normalized spacial score (nSPS) is 17.7.